The number of carbonyl (C=O) groups is 1. The van der Waals surface area contributed by atoms with E-state index in [0.717, 1.165) is 10.0 Å². The molecule has 1 aromatic heterocycles. The molecule has 146 valence electrons. The number of aryl methyl sites for hydroxylation is 1. The molecular weight excluding hydrogens is 511 g/mol. The highest BCUT2D eigenvalue weighted by molar-refractivity contribution is 9.10. The van der Waals surface area contributed by atoms with Crippen LogP contribution < -0.4 is 10.0 Å². The van der Waals surface area contributed by atoms with Gasteiger partial charge in [-0.15, -0.1) is 10.2 Å². The molecule has 0 aliphatic heterocycles. The van der Waals surface area contributed by atoms with Crippen LogP contribution in [0.1, 0.15) is 15.9 Å². The lowest BCUT2D eigenvalue weighted by Gasteiger charge is -2.06. The largest absolute Gasteiger partial charge is 0.296 e. The maximum atomic E-state index is 12.5. The van der Waals surface area contributed by atoms with Gasteiger partial charge in [-0.3, -0.25) is 14.8 Å². The summed E-state index contributed by atoms with van der Waals surface area (Å²) in [6.45, 7) is 1.84. The third kappa shape index (κ3) is 4.81. The third-order valence-corrected chi connectivity index (χ3v) is 7.47. The summed E-state index contributed by atoms with van der Waals surface area (Å²) in [7, 11) is -3.95. The van der Waals surface area contributed by atoms with Crippen molar-refractivity contribution in [3.8, 4) is 0 Å². The van der Waals surface area contributed by atoms with Crippen LogP contribution in [0.3, 0.4) is 0 Å². The zero-order valence-corrected chi connectivity index (χ0v) is 18.8. The first-order valence-corrected chi connectivity index (χ1v) is 11.4. The van der Waals surface area contributed by atoms with Gasteiger partial charge in [-0.2, -0.15) is 8.42 Å². The summed E-state index contributed by atoms with van der Waals surface area (Å²) in [5.74, 6) is -0.557. The molecule has 3 rings (SSSR count). The van der Waals surface area contributed by atoms with Crippen molar-refractivity contribution in [3.05, 3.63) is 62.0 Å². The van der Waals surface area contributed by atoms with Gasteiger partial charge in [-0.05, 0) is 48.9 Å². The number of carbonyl (C=O) groups excluding carboxylic acids is 1. The molecule has 2 aromatic carbocycles. The van der Waals surface area contributed by atoms with Gasteiger partial charge < -0.3 is 0 Å². The van der Waals surface area contributed by atoms with Gasteiger partial charge in [0.15, 0.2) is 0 Å². The maximum Gasteiger partial charge on any atom is 0.291 e. The maximum absolute atomic E-state index is 12.5. The van der Waals surface area contributed by atoms with Crippen LogP contribution in [0, 0.1) is 6.92 Å². The fourth-order valence-corrected chi connectivity index (χ4v) is 4.80. The highest BCUT2D eigenvalue weighted by Gasteiger charge is 2.22. The lowest BCUT2D eigenvalue weighted by molar-refractivity contribution is 0.102. The molecule has 0 bridgehead atoms. The molecule has 12 heteroatoms. The van der Waals surface area contributed by atoms with Gasteiger partial charge in [-0.25, -0.2) is 0 Å². The average molecular weight is 522 g/mol. The molecule has 0 unspecified atom stereocenters. The summed E-state index contributed by atoms with van der Waals surface area (Å²) in [6.07, 6.45) is 0. The molecule has 2 N–H and O–H groups in total. The Labute approximate surface area is 183 Å². The zero-order valence-electron chi connectivity index (χ0n) is 14.0. The minimum atomic E-state index is -3.95. The summed E-state index contributed by atoms with van der Waals surface area (Å²) >= 11 is 15.9. The van der Waals surface area contributed by atoms with Crippen LogP contribution in [-0.2, 0) is 10.0 Å². The van der Waals surface area contributed by atoms with E-state index < -0.39 is 15.9 Å². The smallest absolute Gasteiger partial charge is 0.291 e. The van der Waals surface area contributed by atoms with E-state index in [1.54, 1.807) is 18.2 Å². The van der Waals surface area contributed by atoms with Gasteiger partial charge in [0.1, 0.15) is 0 Å². The number of rotatable bonds is 5. The molecular formula is C16H11BrCl2N4O3S2. The number of nitrogens with zero attached hydrogens (tertiary/aromatic N) is 2. The van der Waals surface area contributed by atoms with Crippen molar-refractivity contribution in [2.75, 3.05) is 10.0 Å². The van der Waals surface area contributed by atoms with Crippen LogP contribution in [0.2, 0.25) is 10.0 Å². The molecule has 0 fully saturated rings. The molecule has 0 aliphatic carbocycles. The van der Waals surface area contributed by atoms with Gasteiger partial charge >= 0.3 is 0 Å². The lowest BCUT2D eigenvalue weighted by Crippen LogP contribution is -2.12. The highest BCUT2D eigenvalue weighted by Crippen LogP contribution is 2.26. The molecule has 0 saturated heterocycles. The molecule has 0 saturated carbocycles. The number of sulfonamides is 1. The van der Waals surface area contributed by atoms with Crippen molar-refractivity contribution in [3.63, 3.8) is 0 Å². The van der Waals surface area contributed by atoms with Crippen LogP contribution in [0.4, 0.5) is 10.8 Å². The molecule has 0 aliphatic rings. The first-order valence-electron chi connectivity index (χ1n) is 7.54. The number of halogens is 3. The van der Waals surface area contributed by atoms with Crippen LogP contribution in [0.15, 0.2) is 45.2 Å². The standard InChI is InChI=1S/C16H11BrCl2N4O3S2/c1-8-6-10(3-5-12(8)17)23-28(25,26)16-22-21-15(27-16)20-14(24)11-4-2-9(18)7-13(11)19/h2-7,23H,1H3,(H,20,21,24). The van der Waals surface area contributed by atoms with Crippen LogP contribution in [0.25, 0.3) is 0 Å². The van der Waals surface area contributed by atoms with E-state index >= 15 is 0 Å². The predicted molar refractivity (Wildman–Crippen MR) is 114 cm³/mol. The number of anilines is 2. The second kappa shape index (κ2) is 8.34. The summed E-state index contributed by atoms with van der Waals surface area (Å²) in [4.78, 5) is 12.3. The van der Waals surface area contributed by atoms with Crippen molar-refractivity contribution in [1.82, 2.24) is 10.2 Å². The Morgan fingerprint density at radius 2 is 1.89 bits per heavy atom. The summed E-state index contributed by atoms with van der Waals surface area (Å²) < 4.78 is 28.0. The van der Waals surface area contributed by atoms with Gasteiger partial charge in [0.05, 0.1) is 10.6 Å². The zero-order chi connectivity index (χ0) is 20.5. The lowest BCUT2D eigenvalue weighted by atomic mass is 10.2. The summed E-state index contributed by atoms with van der Waals surface area (Å²) in [6, 6.07) is 9.42. The summed E-state index contributed by atoms with van der Waals surface area (Å²) in [5, 5.41) is 10.4. The van der Waals surface area contributed by atoms with Crippen LogP contribution in [0.5, 0.6) is 0 Å². The highest BCUT2D eigenvalue weighted by atomic mass is 79.9. The molecule has 1 heterocycles. The first-order chi connectivity index (χ1) is 13.2. The molecule has 0 spiro atoms. The van der Waals surface area contributed by atoms with E-state index in [1.165, 1.54) is 18.2 Å². The number of hydrogen-bond acceptors (Lipinski definition) is 6. The molecule has 28 heavy (non-hydrogen) atoms. The predicted octanol–water partition coefficient (Wildman–Crippen LogP) is 4.97. The monoisotopic (exact) mass is 520 g/mol. The number of hydrogen-bond donors (Lipinski definition) is 2. The average Bonchev–Trinajstić information content (AvgIpc) is 3.07. The topological polar surface area (TPSA) is 101 Å². The van der Waals surface area contributed by atoms with E-state index in [1.807, 2.05) is 6.92 Å². The van der Waals surface area contributed by atoms with Crippen molar-refractivity contribution < 1.29 is 13.2 Å². The SMILES string of the molecule is Cc1cc(NS(=O)(=O)c2nnc(NC(=O)c3ccc(Cl)cc3Cl)s2)ccc1Br. The van der Waals surface area contributed by atoms with Crippen molar-refractivity contribution in [1.29, 1.82) is 0 Å². The number of amides is 1. The fraction of sp³-hybridized carbons (Fsp3) is 0.0625. The van der Waals surface area contributed by atoms with Gasteiger partial charge in [0.25, 0.3) is 20.3 Å². The second-order valence-corrected chi connectivity index (χ2v) is 10.1. The van der Waals surface area contributed by atoms with Crippen molar-refractivity contribution in [2.24, 2.45) is 0 Å². The quantitative estimate of drug-likeness (QED) is 0.461. The molecule has 0 atom stereocenters. The number of nitrogens with one attached hydrogen (secondary N) is 2. The minimum Gasteiger partial charge on any atom is -0.296 e. The van der Waals surface area contributed by atoms with E-state index in [-0.39, 0.29) is 20.1 Å². The number of aromatic nitrogens is 2. The van der Waals surface area contributed by atoms with Gasteiger partial charge in [-0.1, -0.05) is 50.5 Å². The Balaban J connectivity index is 1.77. The van der Waals surface area contributed by atoms with Crippen molar-refractivity contribution >= 4 is 77.2 Å². The van der Waals surface area contributed by atoms with Gasteiger partial charge in [0.2, 0.25) is 5.13 Å². The van der Waals surface area contributed by atoms with E-state index in [0.29, 0.717) is 22.0 Å². The molecule has 0 radical (unpaired) electrons. The summed E-state index contributed by atoms with van der Waals surface area (Å²) in [5.41, 5.74) is 1.42. The fourth-order valence-electron chi connectivity index (χ4n) is 2.11. The Kier molecular flexibility index (Phi) is 6.25. The normalized spacial score (nSPS) is 11.3. The minimum absolute atomic E-state index is 0.0170. The Morgan fingerprint density at radius 1 is 1.14 bits per heavy atom. The molecule has 7 nitrogen and oxygen atoms in total. The van der Waals surface area contributed by atoms with E-state index in [2.05, 4.69) is 36.2 Å². The Bertz CT molecular complexity index is 1170. The second-order valence-electron chi connectivity index (χ2n) is 5.52. The third-order valence-electron chi connectivity index (χ3n) is 3.44. The first kappa shape index (κ1) is 21.0. The molecule has 1 amide bonds. The molecule has 3 aromatic rings. The Hall–Kier alpha value is -1.72. The van der Waals surface area contributed by atoms with E-state index in [4.69, 9.17) is 23.2 Å². The Morgan fingerprint density at radius 3 is 2.57 bits per heavy atom. The van der Waals surface area contributed by atoms with Crippen LogP contribution in [-0.4, -0.2) is 24.5 Å². The van der Waals surface area contributed by atoms with Crippen molar-refractivity contribution in [2.45, 2.75) is 11.3 Å². The van der Waals surface area contributed by atoms with E-state index in [9.17, 15) is 13.2 Å². The van der Waals surface area contributed by atoms with Gasteiger partial charge in [0, 0.05) is 15.2 Å². The number of benzene rings is 2. The van der Waals surface area contributed by atoms with Crippen LogP contribution >= 0.6 is 50.5 Å².